The maximum Gasteiger partial charge on any atom is 0.308 e. The molecule has 0 saturated heterocycles. The maximum atomic E-state index is 13.6. The van der Waals surface area contributed by atoms with Crippen LogP contribution in [0.15, 0.2) is 47.2 Å². The highest BCUT2D eigenvalue weighted by atomic mass is 19.1. The number of fused-ring (bicyclic) bond motifs is 4. The summed E-state index contributed by atoms with van der Waals surface area (Å²) in [5.41, 5.74) is 1.65. The van der Waals surface area contributed by atoms with Crippen molar-refractivity contribution in [3.63, 3.8) is 0 Å². The van der Waals surface area contributed by atoms with E-state index in [-0.39, 0.29) is 12.0 Å². The van der Waals surface area contributed by atoms with Gasteiger partial charge in [-0.15, -0.1) is 0 Å². The van der Waals surface area contributed by atoms with Crippen LogP contribution in [0.3, 0.4) is 0 Å². The summed E-state index contributed by atoms with van der Waals surface area (Å²) >= 11 is 0. The molecule has 4 aromatic rings. The molecule has 7 rings (SSSR count). The Morgan fingerprint density at radius 2 is 1.94 bits per heavy atom. The molecule has 0 spiro atoms. The van der Waals surface area contributed by atoms with Gasteiger partial charge < -0.3 is 19.8 Å². The van der Waals surface area contributed by atoms with Crippen molar-refractivity contribution in [1.29, 1.82) is 0 Å². The Morgan fingerprint density at radius 1 is 1.12 bits per heavy atom. The van der Waals surface area contributed by atoms with Gasteiger partial charge in [0.05, 0.1) is 12.2 Å². The molecule has 3 N–H and O–H groups in total. The Bertz CT molecular complexity index is 1330. The molecule has 3 aliphatic carbocycles. The first-order valence-electron chi connectivity index (χ1n) is 11.1. The number of pyridine rings is 1. The lowest BCUT2D eigenvalue weighted by molar-refractivity contribution is -0.148. The van der Waals surface area contributed by atoms with E-state index in [0.29, 0.717) is 45.6 Å². The normalized spacial score (nSPS) is 24.3. The van der Waals surface area contributed by atoms with Crippen molar-refractivity contribution in [3.05, 3.63) is 48.7 Å². The quantitative estimate of drug-likeness (QED) is 0.379. The topological polar surface area (TPSA) is 117 Å². The van der Waals surface area contributed by atoms with Crippen molar-refractivity contribution in [2.24, 2.45) is 17.8 Å². The first kappa shape index (κ1) is 19.9. The lowest BCUT2D eigenvalue weighted by Gasteiger charge is -2.47. The number of aromatic amines is 1. The van der Waals surface area contributed by atoms with Gasteiger partial charge in [-0.2, -0.15) is 4.39 Å². The second kappa shape index (κ2) is 7.68. The van der Waals surface area contributed by atoms with E-state index in [2.05, 4.69) is 20.3 Å². The Balaban J connectivity index is 1.44. The third-order valence-corrected chi connectivity index (χ3v) is 7.06. The zero-order valence-corrected chi connectivity index (χ0v) is 17.7. The number of aromatic nitrogens is 4. The van der Waals surface area contributed by atoms with Crippen LogP contribution in [0.25, 0.3) is 33.9 Å². The minimum atomic E-state index is -0.757. The van der Waals surface area contributed by atoms with Gasteiger partial charge in [-0.05, 0) is 61.8 Å². The van der Waals surface area contributed by atoms with Crippen LogP contribution < -0.4 is 5.32 Å². The van der Waals surface area contributed by atoms with Crippen LogP contribution in [0.4, 0.5) is 10.2 Å². The molecule has 168 valence electrons. The van der Waals surface area contributed by atoms with Crippen molar-refractivity contribution < 1.29 is 18.7 Å². The molecule has 3 saturated carbocycles. The molecule has 8 nitrogen and oxygen atoms in total. The lowest BCUT2D eigenvalue weighted by Crippen LogP contribution is -2.51. The number of carboxylic acids is 1. The largest absolute Gasteiger partial charge is 0.481 e. The van der Waals surface area contributed by atoms with Gasteiger partial charge in [-0.25, -0.2) is 15.0 Å². The highest BCUT2D eigenvalue weighted by Crippen LogP contribution is 2.46. The fourth-order valence-electron chi connectivity index (χ4n) is 5.54. The van der Waals surface area contributed by atoms with E-state index >= 15 is 0 Å². The number of hydrogen-bond acceptors (Lipinski definition) is 6. The van der Waals surface area contributed by atoms with Crippen LogP contribution in [-0.4, -0.2) is 37.1 Å². The zero-order valence-electron chi connectivity index (χ0n) is 17.7. The van der Waals surface area contributed by atoms with Gasteiger partial charge in [-0.3, -0.25) is 4.79 Å². The standard InChI is InChI=1S/C24H22FN5O3/c25-18-8-7-14-15(11-26-22(14)28-18)23-27-16(17-2-1-9-33-17)10-19(30-23)29-21-13-5-3-12(4-6-13)20(21)24(31)32/h1-2,7-13,20-21H,3-6H2,(H,26,28)(H,31,32)(H,27,29,30)/t12?,13?,20?,21-/m0/s1. The highest BCUT2D eigenvalue weighted by molar-refractivity contribution is 5.92. The molecule has 2 bridgehead atoms. The van der Waals surface area contributed by atoms with E-state index in [1.54, 1.807) is 30.7 Å². The van der Waals surface area contributed by atoms with Crippen LogP contribution in [0.2, 0.25) is 0 Å². The number of carboxylic acid groups (broad SMARTS) is 1. The molecule has 3 fully saturated rings. The number of aliphatic carboxylic acids is 1. The van der Waals surface area contributed by atoms with Crippen molar-refractivity contribution in [1.82, 2.24) is 19.9 Å². The van der Waals surface area contributed by atoms with E-state index < -0.39 is 17.8 Å². The van der Waals surface area contributed by atoms with Crippen LogP contribution in [-0.2, 0) is 4.79 Å². The minimum absolute atomic E-state index is 0.186. The number of hydrogen-bond donors (Lipinski definition) is 3. The molecule has 4 aromatic heterocycles. The Kier molecular flexibility index (Phi) is 4.63. The third-order valence-electron chi connectivity index (χ3n) is 7.06. The summed E-state index contributed by atoms with van der Waals surface area (Å²) in [5, 5.41) is 14.1. The number of nitrogens with zero attached hydrogens (tertiary/aromatic N) is 3. The van der Waals surface area contributed by atoms with E-state index in [1.807, 2.05) is 6.07 Å². The Hall–Kier alpha value is -3.75. The van der Waals surface area contributed by atoms with Gasteiger partial charge in [0.2, 0.25) is 5.95 Å². The SMILES string of the molecule is O=C(O)C1C2CCC(CC2)[C@@H]1Nc1cc(-c2ccco2)nc(-c2c[nH]c3nc(F)ccc23)n1. The number of nitrogens with one attached hydrogen (secondary N) is 2. The monoisotopic (exact) mass is 447 g/mol. The molecular weight excluding hydrogens is 425 g/mol. The van der Waals surface area contributed by atoms with Crippen molar-refractivity contribution in [3.8, 4) is 22.8 Å². The van der Waals surface area contributed by atoms with Gasteiger partial charge in [0.25, 0.3) is 0 Å². The molecule has 9 heteroatoms. The van der Waals surface area contributed by atoms with Crippen molar-refractivity contribution in [2.75, 3.05) is 5.32 Å². The van der Waals surface area contributed by atoms with E-state index in [4.69, 9.17) is 9.40 Å². The van der Waals surface area contributed by atoms with Crippen LogP contribution >= 0.6 is 0 Å². The number of carbonyl (C=O) groups is 1. The summed E-state index contributed by atoms with van der Waals surface area (Å²) in [6.07, 6.45) is 7.24. The lowest BCUT2D eigenvalue weighted by atomic mass is 9.61. The molecule has 0 aromatic carbocycles. The second-order valence-electron chi connectivity index (χ2n) is 8.88. The number of furan rings is 1. The average Bonchev–Trinajstić information content (AvgIpc) is 3.49. The first-order valence-corrected chi connectivity index (χ1v) is 11.1. The second-order valence-corrected chi connectivity index (χ2v) is 8.88. The predicted octanol–water partition coefficient (Wildman–Crippen LogP) is 4.72. The third kappa shape index (κ3) is 3.44. The van der Waals surface area contributed by atoms with E-state index in [1.165, 1.54) is 6.07 Å². The average molecular weight is 447 g/mol. The Labute approximate surface area is 188 Å². The highest BCUT2D eigenvalue weighted by Gasteiger charge is 2.47. The summed E-state index contributed by atoms with van der Waals surface area (Å²) in [5.74, 6) is 0.238. The summed E-state index contributed by atoms with van der Waals surface area (Å²) in [4.78, 5) is 28.4. The van der Waals surface area contributed by atoms with Gasteiger partial charge in [0.1, 0.15) is 17.2 Å². The van der Waals surface area contributed by atoms with Crippen LogP contribution in [0.5, 0.6) is 0 Å². The molecule has 0 amide bonds. The molecule has 1 unspecified atom stereocenters. The van der Waals surface area contributed by atoms with Crippen molar-refractivity contribution in [2.45, 2.75) is 31.7 Å². The van der Waals surface area contributed by atoms with Gasteiger partial charge in [0, 0.05) is 29.3 Å². The molecule has 0 radical (unpaired) electrons. The van der Waals surface area contributed by atoms with Crippen LogP contribution in [0.1, 0.15) is 25.7 Å². The van der Waals surface area contributed by atoms with Crippen molar-refractivity contribution >= 4 is 22.8 Å². The van der Waals surface area contributed by atoms with Gasteiger partial charge >= 0.3 is 5.97 Å². The number of H-pyrrole nitrogens is 1. The van der Waals surface area contributed by atoms with E-state index in [9.17, 15) is 14.3 Å². The van der Waals surface area contributed by atoms with Crippen LogP contribution in [0, 0.1) is 23.7 Å². The minimum Gasteiger partial charge on any atom is -0.481 e. The molecule has 3 aliphatic rings. The number of anilines is 1. The number of halogens is 1. The first-order chi connectivity index (χ1) is 16.1. The summed E-state index contributed by atoms with van der Waals surface area (Å²) in [7, 11) is 0. The molecule has 2 atom stereocenters. The summed E-state index contributed by atoms with van der Waals surface area (Å²) in [6.45, 7) is 0. The number of rotatable bonds is 5. The Morgan fingerprint density at radius 3 is 2.70 bits per heavy atom. The summed E-state index contributed by atoms with van der Waals surface area (Å²) in [6, 6.07) is 8.12. The maximum absolute atomic E-state index is 13.6. The smallest absolute Gasteiger partial charge is 0.308 e. The predicted molar refractivity (Wildman–Crippen MR) is 119 cm³/mol. The zero-order chi connectivity index (χ0) is 22.5. The van der Waals surface area contributed by atoms with E-state index in [0.717, 1.165) is 25.7 Å². The fourth-order valence-corrected chi connectivity index (χ4v) is 5.54. The van der Waals surface area contributed by atoms with Gasteiger partial charge in [0.15, 0.2) is 11.6 Å². The molecule has 0 aliphatic heterocycles. The molecule has 33 heavy (non-hydrogen) atoms. The fraction of sp³-hybridized carbons (Fsp3) is 0.333. The molecular formula is C24H22FN5O3. The van der Waals surface area contributed by atoms with Gasteiger partial charge in [-0.1, -0.05) is 0 Å². The molecule has 4 heterocycles. The summed E-state index contributed by atoms with van der Waals surface area (Å²) < 4.78 is 19.1.